The molecule has 0 radical (unpaired) electrons. The topological polar surface area (TPSA) is 71.0 Å². The number of amides is 1. The first kappa shape index (κ1) is 19.1. The molecular weight excluding hydrogens is 362 g/mol. The van der Waals surface area contributed by atoms with Crippen molar-refractivity contribution in [3.05, 3.63) is 77.6 Å². The minimum atomic E-state index is -0.0616. The summed E-state index contributed by atoms with van der Waals surface area (Å²) >= 11 is 0. The number of carbonyl (C=O) groups is 1. The second-order valence-corrected chi connectivity index (χ2v) is 7.59. The van der Waals surface area contributed by atoms with Crippen LogP contribution < -0.4 is 5.32 Å². The van der Waals surface area contributed by atoms with Gasteiger partial charge in [0.15, 0.2) is 0 Å². The van der Waals surface area contributed by atoms with Crippen LogP contribution in [0.4, 0.5) is 11.4 Å². The van der Waals surface area contributed by atoms with Gasteiger partial charge in [0.25, 0.3) is 5.91 Å². The molecular formula is C23H25N5O. The third-order valence-corrected chi connectivity index (χ3v) is 5.22. The van der Waals surface area contributed by atoms with Gasteiger partial charge in [0.2, 0.25) is 0 Å². The molecule has 1 amide bonds. The molecule has 1 saturated heterocycles. The van der Waals surface area contributed by atoms with Gasteiger partial charge in [0.1, 0.15) is 5.69 Å². The lowest BCUT2D eigenvalue weighted by Gasteiger charge is -2.32. The number of nitrogens with zero attached hydrogens (tertiary/aromatic N) is 4. The normalized spacial score (nSPS) is 16.5. The Labute approximate surface area is 171 Å². The van der Waals surface area contributed by atoms with E-state index in [0.29, 0.717) is 12.2 Å². The summed E-state index contributed by atoms with van der Waals surface area (Å²) in [6.07, 6.45) is 6.63. The number of carbonyl (C=O) groups excluding carboxylic acids is 1. The van der Waals surface area contributed by atoms with Crippen molar-refractivity contribution in [2.75, 3.05) is 18.4 Å². The van der Waals surface area contributed by atoms with E-state index >= 15 is 0 Å². The van der Waals surface area contributed by atoms with Crippen LogP contribution in [0.25, 0.3) is 0 Å². The van der Waals surface area contributed by atoms with Crippen LogP contribution in [0.1, 0.15) is 46.2 Å². The minimum absolute atomic E-state index is 0.0616. The number of piperidine rings is 1. The average Bonchev–Trinajstić information content (AvgIpc) is 2.75. The van der Waals surface area contributed by atoms with Crippen LogP contribution in [-0.2, 0) is 0 Å². The third kappa shape index (κ3) is 4.59. The number of anilines is 2. The second kappa shape index (κ2) is 8.39. The number of aryl methyl sites for hydroxylation is 2. The van der Waals surface area contributed by atoms with Crippen molar-refractivity contribution in [1.82, 2.24) is 19.9 Å². The van der Waals surface area contributed by atoms with Crippen LogP contribution in [0, 0.1) is 13.8 Å². The number of benzene rings is 1. The summed E-state index contributed by atoms with van der Waals surface area (Å²) in [5.41, 5.74) is 5.69. The van der Waals surface area contributed by atoms with Crippen molar-refractivity contribution in [1.29, 1.82) is 0 Å². The van der Waals surface area contributed by atoms with Crippen molar-refractivity contribution >= 4 is 17.3 Å². The highest BCUT2D eigenvalue weighted by Gasteiger charge is 2.27. The molecule has 0 spiro atoms. The SMILES string of the molecule is Cc1ccc(Nc2cc(C)nc(C3CCCN(C(=O)c4cnccn4)C3)c2)cc1. The molecule has 3 aromatic rings. The Morgan fingerprint density at radius 3 is 2.69 bits per heavy atom. The van der Waals surface area contributed by atoms with Gasteiger partial charge in [-0.2, -0.15) is 0 Å². The molecule has 6 nitrogen and oxygen atoms in total. The maximum Gasteiger partial charge on any atom is 0.274 e. The highest BCUT2D eigenvalue weighted by atomic mass is 16.2. The first-order valence-electron chi connectivity index (χ1n) is 9.96. The van der Waals surface area contributed by atoms with Gasteiger partial charge in [-0.1, -0.05) is 17.7 Å². The molecule has 2 aromatic heterocycles. The Hall–Kier alpha value is -3.28. The number of aromatic nitrogens is 3. The summed E-state index contributed by atoms with van der Waals surface area (Å²) in [4.78, 5) is 27.6. The lowest BCUT2D eigenvalue weighted by atomic mass is 9.93. The minimum Gasteiger partial charge on any atom is -0.355 e. The summed E-state index contributed by atoms with van der Waals surface area (Å²) in [6, 6.07) is 12.5. The molecule has 0 saturated carbocycles. The number of hydrogen-bond acceptors (Lipinski definition) is 5. The maximum atomic E-state index is 12.8. The van der Waals surface area contributed by atoms with Crippen molar-refractivity contribution in [3.63, 3.8) is 0 Å². The fourth-order valence-electron chi connectivity index (χ4n) is 3.75. The largest absolute Gasteiger partial charge is 0.355 e. The summed E-state index contributed by atoms with van der Waals surface area (Å²) in [7, 11) is 0. The predicted molar refractivity (Wildman–Crippen MR) is 113 cm³/mol. The highest BCUT2D eigenvalue weighted by molar-refractivity contribution is 5.92. The quantitative estimate of drug-likeness (QED) is 0.725. The molecule has 3 heterocycles. The van der Waals surface area contributed by atoms with Gasteiger partial charge >= 0.3 is 0 Å². The van der Waals surface area contributed by atoms with Crippen molar-refractivity contribution in [2.24, 2.45) is 0 Å². The molecule has 1 N–H and O–H groups in total. The molecule has 4 rings (SSSR count). The number of rotatable bonds is 4. The van der Waals surface area contributed by atoms with Gasteiger partial charge in [0, 0.05) is 54.2 Å². The van der Waals surface area contributed by atoms with E-state index in [1.165, 1.54) is 11.8 Å². The molecule has 1 atom stereocenters. The zero-order valence-electron chi connectivity index (χ0n) is 16.8. The van der Waals surface area contributed by atoms with Crippen LogP contribution in [0.2, 0.25) is 0 Å². The van der Waals surface area contributed by atoms with Gasteiger partial charge in [-0.25, -0.2) is 4.98 Å². The molecule has 1 unspecified atom stereocenters. The Morgan fingerprint density at radius 1 is 1.10 bits per heavy atom. The highest BCUT2D eigenvalue weighted by Crippen LogP contribution is 2.29. The number of likely N-dealkylation sites (tertiary alicyclic amines) is 1. The summed E-state index contributed by atoms with van der Waals surface area (Å²) < 4.78 is 0. The summed E-state index contributed by atoms with van der Waals surface area (Å²) in [5, 5.41) is 3.47. The number of nitrogens with one attached hydrogen (secondary N) is 1. The molecule has 29 heavy (non-hydrogen) atoms. The third-order valence-electron chi connectivity index (χ3n) is 5.22. The first-order valence-corrected chi connectivity index (χ1v) is 9.96. The Bertz CT molecular complexity index is 988. The van der Waals surface area contributed by atoms with E-state index in [1.807, 2.05) is 11.8 Å². The molecule has 1 fully saturated rings. The average molecular weight is 387 g/mol. The fourth-order valence-corrected chi connectivity index (χ4v) is 3.75. The standard InChI is InChI=1S/C23H25N5O/c1-16-5-7-19(8-6-16)27-20-12-17(2)26-21(13-20)18-4-3-11-28(15-18)23(29)22-14-24-9-10-25-22/h5-10,12-14,18H,3-4,11,15H2,1-2H3,(H,26,27). The van der Waals surface area contributed by atoms with Crippen molar-refractivity contribution in [3.8, 4) is 0 Å². The first-order chi connectivity index (χ1) is 14.1. The van der Waals surface area contributed by atoms with Crippen LogP contribution >= 0.6 is 0 Å². The van der Waals surface area contributed by atoms with E-state index in [4.69, 9.17) is 4.98 Å². The van der Waals surface area contributed by atoms with E-state index in [-0.39, 0.29) is 11.8 Å². The molecule has 6 heteroatoms. The van der Waals surface area contributed by atoms with Crippen molar-refractivity contribution < 1.29 is 4.79 Å². The van der Waals surface area contributed by atoms with Gasteiger partial charge in [-0.3, -0.25) is 14.8 Å². The zero-order valence-corrected chi connectivity index (χ0v) is 16.8. The fraction of sp³-hybridized carbons (Fsp3) is 0.304. The second-order valence-electron chi connectivity index (χ2n) is 7.59. The Balaban J connectivity index is 1.52. The zero-order chi connectivity index (χ0) is 20.2. The summed E-state index contributed by atoms with van der Waals surface area (Å²) in [5.74, 6) is 0.149. The van der Waals surface area contributed by atoms with Crippen molar-refractivity contribution in [2.45, 2.75) is 32.6 Å². The Kier molecular flexibility index (Phi) is 5.51. The van der Waals surface area contributed by atoms with E-state index < -0.39 is 0 Å². The Morgan fingerprint density at radius 2 is 1.93 bits per heavy atom. The molecule has 1 aliphatic heterocycles. The van der Waals surface area contributed by atoms with Gasteiger partial charge in [0.05, 0.1) is 6.20 Å². The summed E-state index contributed by atoms with van der Waals surface area (Å²) in [6.45, 7) is 5.48. The van der Waals surface area contributed by atoms with Gasteiger partial charge in [-0.15, -0.1) is 0 Å². The van der Waals surface area contributed by atoms with E-state index in [2.05, 4.69) is 58.6 Å². The predicted octanol–water partition coefficient (Wildman–Crippen LogP) is 4.25. The molecule has 148 valence electrons. The molecule has 1 aromatic carbocycles. The van der Waals surface area contributed by atoms with Crippen LogP contribution in [-0.4, -0.2) is 38.8 Å². The molecule has 0 aliphatic carbocycles. The van der Waals surface area contributed by atoms with E-state index in [1.54, 1.807) is 12.4 Å². The lowest BCUT2D eigenvalue weighted by molar-refractivity contribution is 0.0699. The smallest absolute Gasteiger partial charge is 0.274 e. The van der Waals surface area contributed by atoms with E-state index in [0.717, 1.165) is 42.1 Å². The number of pyridine rings is 1. The molecule has 1 aliphatic rings. The maximum absolute atomic E-state index is 12.8. The number of hydrogen-bond donors (Lipinski definition) is 1. The van der Waals surface area contributed by atoms with Gasteiger partial charge < -0.3 is 10.2 Å². The van der Waals surface area contributed by atoms with Crippen LogP contribution in [0.5, 0.6) is 0 Å². The van der Waals surface area contributed by atoms with Crippen LogP contribution in [0.15, 0.2) is 55.0 Å². The van der Waals surface area contributed by atoms with Gasteiger partial charge in [-0.05, 0) is 51.0 Å². The monoisotopic (exact) mass is 387 g/mol. The van der Waals surface area contributed by atoms with E-state index in [9.17, 15) is 4.79 Å². The lowest BCUT2D eigenvalue weighted by Crippen LogP contribution is -2.39. The molecule has 0 bridgehead atoms. The van der Waals surface area contributed by atoms with Crippen LogP contribution in [0.3, 0.4) is 0 Å².